The molecular weight excluding hydrogens is 613 g/mol. The van der Waals surface area contributed by atoms with Crippen molar-refractivity contribution in [3.05, 3.63) is 170 Å². The predicted molar refractivity (Wildman–Crippen MR) is 203 cm³/mol. The van der Waals surface area contributed by atoms with Crippen LogP contribution >= 0.6 is 0 Å². The van der Waals surface area contributed by atoms with Crippen molar-refractivity contribution in [3.8, 4) is 45.5 Å². The summed E-state index contributed by atoms with van der Waals surface area (Å²) in [4.78, 5) is 20.3. The van der Waals surface area contributed by atoms with Crippen molar-refractivity contribution in [3.63, 3.8) is 0 Å². The molecule has 6 nitrogen and oxygen atoms in total. The smallest absolute Gasteiger partial charge is 0.240 e. The summed E-state index contributed by atoms with van der Waals surface area (Å²) in [6, 6.07) is 56.7. The van der Waals surface area contributed by atoms with E-state index in [4.69, 9.17) is 19.9 Å². The van der Waals surface area contributed by atoms with E-state index in [-0.39, 0.29) is 0 Å². The van der Waals surface area contributed by atoms with E-state index < -0.39 is 0 Å². The van der Waals surface area contributed by atoms with Crippen LogP contribution in [-0.2, 0) is 0 Å². The number of hydrogen-bond acceptors (Lipinski definition) is 4. The van der Waals surface area contributed by atoms with Crippen molar-refractivity contribution in [2.75, 3.05) is 0 Å². The highest BCUT2D eigenvalue weighted by molar-refractivity contribution is 6.23. The van der Waals surface area contributed by atoms with Gasteiger partial charge in [0.2, 0.25) is 5.95 Å². The molecule has 6 heteroatoms. The summed E-state index contributed by atoms with van der Waals surface area (Å²) in [5.74, 6) is 1.72. The number of hydrogen-bond donors (Lipinski definition) is 0. The van der Waals surface area contributed by atoms with Crippen LogP contribution < -0.4 is 0 Å². The molecule has 0 unspecified atom stereocenters. The molecule has 50 heavy (non-hydrogen) atoms. The van der Waals surface area contributed by atoms with Gasteiger partial charge in [-0.25, -0.2) is 9.97 Å². The summed E-state index contributed by atoms with van der Waals surface area (Å²) < 4.78 is 4.50. The first kappa shape index (κ1) is 28.1. The molecule has 4 aromatic heterocycles. The highest BCUT2D eigenvalue weighted by atomic mass is 15.2. The van der Waals surface area contributed by atoms with Crippen LogP contribution in [0.15, 0.2) is 170 Å². The van der Waals surface area contributed by atoms with Crippen molar-refractivity contribution in [1.82, 2.24) is 29.1 Å². The van der Waals surface area contributed by atoms with Gasteiger partial charge in [-0.05, 0) is 41.5 Å². The Morgan fingerprint density at radius 2 is 0.880 bits per heavy atom. The summed E-state index contributed by atoms with van der Waals surface area (Å²) >= 11 is 0. The highest BCUT2D eigenvalue weighted by Gasteiger charge is 2.24. The number of nitrogens with zero attached hydrogens (tertiary/aromatic N) is 6. The third-order valence-corrected chi connectivity index (χ3v) is 9.44. The highest BCUT2D eigenvalue weighted by Crippen LogP contribution is 2.41. The van der Waals surface area contributed by atoms with Crippen LogP contribution in [0.3, 0.4) is 0 Å². The maximum atomic E-state index is 5.17. The lowest BCUT2D eigenvalue weighted by Gasteiger charge is -2.13. The fraction of sp³-hybridized carbons (Fsp3) is 0. The summed E-state index contributed by atoms with van der Waals surface area (Å²) in [5, 5.41) is 4.42. The molecule has 0 bridgehead atoms. The van der Waals surface area contributed by atoms with Crippen molar-refractivity contribution < 1.29 is 0 Å². The van der Waals surface area contributed by atoms with Gasteiger partial charge >= 0.3 is 0 Å². The Morgan fingerprint density at radius 3 is 1.54 bits per heavy atom. The SMILES string of the molecule is c1ccc(-c2ccc(-n3c4ccccc4c4ccc5c6cccnc6n(-c6nc(-c7ccccc7)nc(-c7ccccc7)n6)c5c43)cc2)cc1. The number of para-hydroxylation sites is 1. The van der Waals surface area contributed by atoms with Crippen LogP contribution in [0.2, 0.25) is 0 Å². The molecule has 0 amide bonds. The summed E-state index contributed by atoms with van der Waals surface area (Å²) in [5.41, 5.74) is 9.23. The van der Waals surface area contributed by atoms with E-state index in [9.17, 15) is 0 Å². The quantitative estimate of drug-likeness (QED) is 0.188. The number of aromatic nitrogens is 6. The van der Waals surface area contributed by atoms with Gasteiger partial charge in [-0.2, -0.15) is 9.97 Å². The van der Waals surface area contributed by atoms with E-state index in [0.29, 0.717) is 17.6 Å². The first-order valence-electron chi connectivity index (χ1n) is 16.7. The van der Waals surface area contributed by atoms with Gasteiger partial charge in [0.1, 0.15) is 5.65 Å². The van der Waals surface area contributed by atoms with Crippen molar-refractivity contribution in [1.29, 1.82) is 0 Å². The molecule has 10 aromatic rings. The third-order valence-electron chi connectivity index (χ3n) is 9.44. The largest absolute Gasteiger partial charge is 0.307 e. The lowest BCUT2D eigenvalue weighted by Crippen LogP contribution is -2.07. The first-order valence-corrected chi connectivity index (χ1v) is 16.7. The molecule has 0 aliphatic heterocycles. The number of fused-ring (bicyclic) bond motifs is 7. The summed E-state index contributed by atoms with van der Waals surface area (Å²) in [6.07, 6.45) is 1.84. The predicted octanol–water partition coefficient (Wildman–Crippen LogP) is 10.5. The van der Waals surface area contributed by atoms with E-state index >= 15 is 0 Å². The van der Waals surface area contributed by atoms with E-state index in [1.54, 1.807) is 0 Å². The van der Waals surface area contributed by atoms with Crippen LogP contribution in [0.1, 0.15) is 0 Å². The Kier molecular flexibility index (Phi) is 6.39. The molecule has 4 heterocycles. The van der Waals surface area contributed by atoms with E-state index in [0.717, 1.165) is 55.2 Å². The van der Waals surface area contributed by atoms with Gasteiger partial charge in [0.15, 0.2) is 11.6 Å². The minimum absolute atomic E-state index is 0.514. The van der Waals surface area contributed by atoms with Gasteiger partial charge in [0, 0.05) is 44.6 Å². The maximum Gasteiger partial charge on any atom is 0.240 e. The summed E-state index contributed by atoms with van der Waals surface area (Å²) in [7, 11) is 0. The van der Waals surface area contributed by atoms with Crippen molar-refractivity contribution in [2.45, 2.75) is 0 Å². The van der Waals surface area contributed by atoms with Gasteiger partial charge in [0.05, 0.1) is 16.6 Å². The third kappa shape index (κ3) is 4.43. The van der Waals surface area contributed by atoms with Gasteiger partial charge in [-0.3, -0.25) is 4.57 Å². The second-order valence-electron chi connectivity index (χ2n) is 12.3. The minimum Gasteiger partial charge on any atom is -0.307 e. The fourth-order valence-corrected chi connectivity index (χ4v) is 7.17. The zero-order valence-corrected chi connectivity index (χ0v) is 26.8. The number of rotatable bonds is 5. The molecule has 0 radical (unpaired) electrons. The fourth-order valence-electron chi connectivity index (χ4n) is 7.17. The molecule has 0 aliphatic carbocycles. The van der Waals surface area contributed by atoms with E-state index in [1.807, 2.05) is 79.0 Å². The Hall–Kier alpha value is -6.92. The molecule has 0 fully saturated rings. The second-order valence-corrected chi connectivity index (χ2v) is 12.3. The van der Waals surface area contributed by atoms with Crippen LogP contribution in [0.5, 0.6) is 0 Å². The molecule has 0 aliphatic rings. The molecule has 0 saturated carbocycles. The Balaban J connectivity index is 1.32. The van der Waals surface area contributed by atoms with Gasteiger partial charge in [0.25, 0.3) is 0 Å². The zero-order valence-electron chi connectivity index (χ0n) is 26.8. The monoisotopic (exact) mass is 640 g/mol. The average Bonchev–Trinajstić information content (AvgIpc) is 3.72. The van der Waals surface area contributed by atoms with E-state index in [2.05, 4.69) is 100 Å². The van der Waals surface area contributed by atoms with Crippen LogP contribution in [0, 0.1) is 0 Å². The maximum absolute atomic E-state index is 5.17. The molecule has 0 spiro atoms. The molecule has 0 atom stereocenters. The van der Waals surface area contributed by atoms with Gasteiger partial charge < -0.3 is 4.57 Å². The lowest BCUT2D eigenvalue weighted by molar-refractivity contribution is 0.944. The minimum atomic E-state index is 0.514. The molecule has 0 N–H and O–H groups in total. The zero-order chi connectivity index (χ0) is 33.0. The second kappa shape index (κ2) is 11.4. The Morgan fingerprint density at radius 1 is 0.360 bits per heavy atom. The lowest BCUT2D eigenvalue weighted by atomic mass is 10.1. The van der Waals surface area contributed by atoms with E-state index in [1.165, 1.54) is 16.5 Å². The first-order chi connectivity index (χ1) is 24.8. The molecule has 10 rings (SSSR count). The van der Waals surface area contributed by atoms with Crippen LogP contribution in [0.4, 0.5) is 0 Å². The summed E-state index contributed by atoms with van der Waals surface area (Å²) in [6.45, 7) is 0. The normalized spacial score (nSPS) is 11.6. The Labute approximate surface area is 287 Å². The standard InChI is InChI=1S/C44H28N6/c1-4-13-29(14-5-1)30-22-24-33(25-23-30)49-38-21-11-10-19-34(38)35-26-27-36-37-20-12-28-45-43(37)50(40(36)39(35)49)44-47-41(31-15-6-2-7-16-31)46-42(48-44)32-17-8-3-9-18-32/h1-28H. The molecular formula is C44H28N6. The average molecular weight is 641 g/mol. The number of pyridine rings is 1. The van der Waals surface area contributed by atoms with Gasteiger partial charge in [-0.15, -0.1) is 0 Å². The van der Waals surface area contributed by atoms with Gasteiger partial charge in [-0.1, -0.05) is 133 Å². The van der Waals surface area contributed by atoms with Crippen LogP contribution in [0.25, 0.3) is 89.3 Å². The molecule has 0 saturated heterocycles. The topological polar surface area (TPSA) is 61.4 Å². The van der Waals surface area contributed by atoms with Crippen molar-refractivity contribution in [2.24, 2.45) is 0 Å². The Bertz CT molecular complexity index is 2780. The molecule has 234 valence electrons. The van der Waals surface area contributed by atoms with Crippen LogP contribution in [-0.4, -0.2) is 29.1 Å². The van der Waals surface area contributed by atoms with Crippen molar-refractivity contribution >= 4 is 43.7 Å². The number of benzene rings is 6. The molecule has 6 aromatic carbocycles.